The first-order valence-corrected chi connectivity index (χ1v) is 6.19. The number of hydrogen-bond acceptors (Lipinski definition) is 0. The molecule has 1 rings (SSSR count). The van der Waals surface area contributed by atoms with Crippen molar-refractivity contribution in [1.29, 1.82) is 0 Å². The zero-order valence-corrected chi connectivity index (χ0v) is 11.2. The summed E-state index contributed by atoms with van der Waals surface area (Å²) in [5, 5.41) is 0. The average Bonchev–Trinajstić information content (AvgIpc) is 2.17. The van der Waals surface area contributed by atoms with Gasteiger partial charge in [-0.3, -0.25) is 0 Å². The molecule has 2 heteroatoms. The summed E-state index contributed by atoms with van der Waals surface area (Å²) >= 11 is 6.00. The Morgan fingerprint density at radius 3 is 2.44 bits per heavy atom. The number of benzene rings is 1. The first kappa shape index (κ1) is 13.5. The Labute approximate surface area is 103 Å². The lowest BCUT2D eigenvalue weighted by molar-refractivity contribution is 0.263. The first-order valence-electron chi connectivity index (χ1n) is 5.65. The van der Waals surface area contributed by atoms with Gasteiger partial charge in [0, 0.05) is 5.88 Å². The van der Waals surface area contributed by atoms with Crippen LogP contribution < -0.4 is 0 Å². The highest BCUT2D eigenvalue weighted by molar-refractivity contribution is 6.18. The number of hydrogen-bond donors (Lipinski definition) is 0. The van der Waals surface area contributed by atoms with Gasteiger partial charge in [-0.05, 0) is 47.9 Å². The van der Waals surface area contributed by atoms with E-state index in [0.717, 1.165) is 17.5 Å². The highest BCUT2D eigenvalue weighted by Gasteiger charge is 2.24. The summed E-state index contributed by atoms with van der Waals surface area (Å²) in [4.78, 5) is 0. The summed E-state index contributed by atoms with van der Waals surface area (Å²) in [5.74, 6) is 0.817. The molecule has 1 atom stereocenters. The van der Waals surface area contributed by atoms with Crippen LogP contribution in [0.1, 0.15) is 31.9 Å². The third kappa shape index (κ3) is 3.48. The molecular formula is C14H20ClF. The molecule has 0 nitrogen and oxygen atoms in total. The molecule has 90 valence electrons. The van der Waals surface area contributed by atoms with Gasteiger partial charge in [0.25, 0.3) is 0 Å². The summed E-state index contributed by atoms with van der Waals surface area (Å²) in [6.45, 7) is 8.54. The first-order chi connectivity index (χ1) is 7.34. The third-order valence-electron chi connectivity index (χ3n) is 3.19. The van der Waals surface area contributed by atoms with Crippen LogP contribution in [-0.2, 0) is 6.42 Å². The predicted octanol–water partition coefficient (Wildman–Crippen LogP) is 4.58. The van der Waals surface area contributed by atoms with E-state index in [-0.39, 0.29) is 11.2 Å². The van der Waals surface area contributed by atoms with Crippen molar-refractivity contribution in [2.45, 2.75) is 34.1 Å². The lowest BCUT2D eigenvalue weighted by atomic mass is 9.78. The molecule has 0 saturated heterocycles. The van der Waals surface area contributed by atoms with Crippen LogP contribution >= 0.6 is 11.6 Å². The summed E-state index contributed by atoms with van der Waals surface area (Å²) in [5.41, 5.74) is 2.36. The van der Waals surface area contributed by atoms with Crippen LogP contribution in [0.2, 0.25) is 0 Å². The molecule has 0 aliphatic heterocycles. The van der Waals surface area contributed by atoms with Crippen LogP contribution in [0.4, 0.5) is 4.39 Å². The molecule has 1 aromatic rings. The Hall–Kier alpha value is -0.560. The van der Waals surface area contributed by atoms with Crippen molar-refractivity contribution in [3.63, 3.8) is 0 Å². The second-order valence-corrected chi connectivity index (χ2v) is 5.80. The van der Waals surface area contributed by atoms with Gasteiger partial charge in [0.2, 0.25) is 0 Å². The molecule has 0 amide bonds. The molecule has 0 aliphatic carbocycles. The average molecular weight is 243 g/mol. The summed E-state index contributed by atoms with van der Waals surface area (Å²) < 4.78 is 13.2. The van der Waals surface area contributed by atoms with Crippen LogP contribution in [0.5, 0.6) is 0 Å². The smallest absolute Gasteiger partial charge is 0.123 e. The van der Waals surface area contributed by atoms with E-state index < -0.39 is 0 Å². The molecule has 0 radical (unpaired) electrons. The van der Waals surface area contributed by atoms with Gasteiger partial charge in [-0.15, -0.1) is 11.6 Å². The molecule has 1 aromatic carbocycles. The minimum Gasteiger partial charge on any atom is -0.207 e. The van der Waals surface area contributed by atoms with Crippen LogP contribution in [0.3, 0.4) is 0 Å². The molecule has 0 aliphatic rings. The zero-order valence-electron chi connectivity index (χ0n) is 10.5. The van der Waals surface area contributed by atoms with Crippen molar-refractivity contribution in [1.82, 2.24) is 0 Å². The molecule has 0 N–H and O–H groups in total. The van der Waals surface area contributed by atoms with Gasteiger partial charge in [0.1, 0.15) is 5.82 Å². The van der Waals surface area contributed by atoms with E-state index in [1.165, 1.54) is 6.07 Å². The maximum absolute atomic E-state index is 13.2. The van der Waals surface area contributed by atoms with Gasteiger partial charge in [-0.25, -0.2) is 4.39 Å². The number of rotatable bonds is 3. The largest absolute Gasteiger partial charge is 0.207 e. The third-order valence-corrected chi connectivity index (χ3v) is 3.56. The fourth-order valence-electron chi connectivity index (χ4n) is 1.72. The Balaban J connectivity index is 2.90. The van der Waals surface area contributed by atoms with Crippen LogP contribution in [0.15, 0.2) is 18.2 Å². The highest BCUT2D eigenvalue weighted by atomic mass is 35.5. The Morgan fingerprint density at radius 2 is 1.94 bits per heavy atom. The van der Waals surface area contributed by atoms with Gasteiger partial charge in [-0.1, -0.05) is 26.8 Å². The van der Waals surface area contributed by atoms with E-state index in [1.54, 1.807) is 6.07 Å². The van der Waals surface area contributed by atoms with Crippen molar-refractivity contribution >= 4 is 11.6 Å². The topological polar surface area (TPSA) is 0 Å². The molecule has 0 bridgehead atoms. The van der Waals surface area contributed by atoms with Crippen LogP contribution in [0.25, 0.3) is 0 Å². The second-order valence-electron chi connectivity index (χ2n) is 5.49. The number of halogens is 2. The van der Waals surface area contributed by atoms with Crippen LogP contribution in [0, 0.1) is 24.1 Å². The zero-order chi connectivity index (χ0) is 12.3. The van der Waals surface area contributed by atoms with Crippen molar-refractivity contribution in [2.24, 2.45) is 11.3 Å². The lowest BCUT2D eigenvalue weighted by Crippen LogP contribution is -2.24. The van der Waals surface area contributed by atoms with E-state index >= 15 is 0 Å². The number of alkyl halides is 1. The minimum absolute atomic E-state index is 0.153. The van der Waals surface area contributed by atoms with Gasteiger partial charge in [0.15, 0.2) is 0 Å². The lowest BCUT2D eigenvalue weighted by Gasteiger charge is -2.29. The fraction of sp³-hybridized carbons (Fsp3) is 0.571. The minimum atomic E-state index is -0.164. The molecule has 0 spiro atoms. The molecule has 0 aromatic heterocycles. The summed E-state index contributed by atoms with van der Waals surface area (Å²) in [6.07, 6.45) is 0.844. The molecule has 0 fully saturated rings. The normalized spacial score (nSPS) is 13.9. The molecular weight excluding hydrogens is 223 g/mol. The number of aryl methyl sites for hydroxylation is 1. The van der Waals surface area contributed by atoms with Crippen molar-refractivity contribution < 1.29 is 4.39 Å². The SMILES string of the molecule is Cc1ccc(F)cc1CC(CCl)C(C)(C)C. The summed E-state index contributed by atoms with van der Waals surface area (Å²) in [7, 11) is 0. The van der Waals surface area contributed by atoms with Crippen molar-refractivity contribution in [3.8, 4) is 0 Å². The standard InChI is InChI=1S/C14H20ClF/c1-10-5-6-13(16)8-11(10)7-12(9-15)14(2,3)4/h5-6,8,12H,7,9H2,1-4H3. The Kier molecular flexibility index (Phi) is 4.37. The predicted molar refractivity (Wildman–Crippen MR) is 68.5 cm³/mol. The summed E-state index contributed by atoms with van der Waals surface area (Å²) in [6, 6.07) is 4.96. The van der Waals surface area contributed by atoms with Gasteiger partial charge in [-0.2, -0.15) is 0 Å². The molecule has 1 unspecified atom stereocenters. The highest BCUT2D eigenvalue weighted by Crippen LogP contribution is 2.31. The van der Waals surface area contributed by atoms with E-state index in [9.17, 15) is 4.39 Å². The van der Waals surface area contributed by atoms with Crippen LogP contribution in [-0.4, -0.2) is 5.88 Å². The van der Waals surface area contributed by atoms with Gasteiger partial charge < -0.3 is 0 Å². The fourth-order valence-corrected chi connectivity index (χ4v) is 2.29. The maximum Gasteiger partial charge on any atom is 0.123 e. The molecule has 0 saturated carbocycles. The monoisotopic (exact) mass is 242 g/mol. The van der Waals surface area contributed by atoms with Gasteiger partial charge in [0.05, 0.1) is 0 Å². The van der Waals surface area contributed by atoms with E-state index in [1.807, 2.05) is 13.0 Å². The molecule has 16 heavy (non-hydrogen) atoms. The van der Waals surface area contributed by atoms with E-state index in [0.29, 0.717) is 11.8 Å². The van der Waals surface area contributed by atoms with Crippen molar-refractivity contribution in [2.75, 3.05) is 5.88 Å². The second kappa shape index (κ2) is 5.18. The van der Waals surface area contributed by atoms with Gasteiger partial charge >= 0.3 is 0 Å². The van der Waals surface area contributed by atoms with Crippen molar-refractivity contribution in [3.05, 3.63) is 35.1 Å². The van der Waals surface area contributed by atoms with E-state index in [4.69, 9.17) is 11.6 Å². The maximum atomic E-state index is 13.2. The Bertz CT molecular complexity index is 352. The molecule has 0 heterocycles. The van der Waals surface area contributed by atoms with E-state index in [2.05, 4.69) is 20.8 Å². The Morgan fingerprint density at radius 1 is 1.31 bits per heavy atom. The quantitative estimate of drug-likeness (QED) is 0.681.